The van der Waals surface area contributed by atoms with E-state index in [-0.39, 0.29) is 0 Å². The van der Waals surface area contributed by atoms with E-state index >= 15 is 0 Å². The Kier molecular flexibility index (Phi) is 2.49. The van der Waals surface area contributed by atoms with Crippen LogP contribution in [0, 0.1) is 0 Å². The molecule has 1 fully saturated rings. The fourth-order valence-corrected chi connectivity index (χ4v) is 3.10. The summed E-state index contributed by atoms with van der Waals surface area (Å²) in [5, 5.41) is 0. The number of fused-ring (bicyclic) bond motifs is 1. The summed E-state index contributed by atoms with van der Waals surface area (Å²) in [6.07, 6.45) is 6.78. The normalized spacial score (nSPS) is 26.5. The van der Waals surface area contributed by atoms with E-state index in [1.165, 1.54) is 45.2 Å². The molecule has 0 radical (unpaired) electrons. The van der Waals surface area contributed by atoms with Crippen molar-refractivity contribution in [1.82, 2.24) is 4.90 Å². The van der Waals surface area contributed by atoms with Crippen molar-refractivity contribution in [2.24, 2.45) is 0 Å². The summed E-state index contributed by atoms with van der Waals surface area (Å²) in [6, 6.07) is 9.82. The zero-order chi connectivity index (χ0) is 10.1. The Hall–Kier alpha value is -0.820. The van der Waals surface area contributed by atoms with Gasteiger partial charge in [0.05, 0.1) is 0 Å². The number of hydrogen-bond acceptors (Lipinski definition) is 1. The van der Waals surface area contributed by atoms with Gasteiger partial charge in [0.1, 0.15) is 0 Å². The fourth-order valence-electron chi connectivity index (χ4n) is 3.10. The highest BCUT2D eigenvalue weighted by Gasteiger charge is 2.25. The SMILES string of the molecule is c1ccc2c(c1)CC[C@H](N1CCCC1)C2. The highest BCUT2D eigenvalue weighted by atomic mass is 15.2. The molecule has 1 aliphatic carbocycles. The summed E-state index contributed by atoms with van der Waals surface area (Å²) >= 11 is 0. The van der Waals surface area contributed by atoms with Crippen molar-refractivity contribution in [2.45, 2.75) is 38.1 Å². The smallest absolute Gasteiger partial charge is 0.0139 e. The van der Waals surface area contributed by atoms with E-state index in [1.54, 1.807) is 11.1 Å². The van der Waals surface area contributed by atoms with Crippen LogP contribution in [0.3, 0.4) is 0 Å². The van der Waals surface area contributed by atoms with Crippen LogP contribution in [0.15, 0.2) is 24.3 Å². The molecule has 1 aliphatic heterocycles. The van der Waals surface area contributed by atoms with Crippen LogP contribution >= 0.6 is 0 Å². The Morgan fingerprint density at radius 2 is 1.73 bits per heavy atom. The molecule has 0 bridgehead atoms. The molecule has 0 saturated carbocycles. The Labute approximate surface area is 92.1 Å². The Balaban J connectivity index is 1.76. The van der Waals surface area contributed by atoms with Gasteiger partial charge in [-0.15, -0.1) is 0 Å². The standard InChI is InChI=1S/C14H19N/c1-2-6-13-11-14(8-7-12(13)5-1)15-9-3-4-10-15/h1-2,5-6,14H,3-4,7-11H2/t14-/m0/s1. The minimum Gasteiger partial charge on any atom is -0.300 e. The van der Waals surface area contributed by atoms with E-state index in [2.05, 4.69) is 29.2 Å². The first kappa shape index (κ1) is 9.41. The first-order chi connectivity index (χ1) is 7.43. The lowest BCUT2D eigenvalue weighted by atomic mass is 9.88. The van der Waals surface area contributed by atoms with E-state index in [0.717, 1.165) is 6.04 Å². The largest absolute Gasteiger partial charge is 0.300 e. The number of rotatable bonds is 1. The third kappa shape index (κ3) is 1.81. The molecule has 3 rings (SSSR count). The van der Waals surface area contributed by atoms with Gasteiger partial charge in [-0.25, -0.2) is 0 Å². The fraction of sp³-hybridized carbons (Fsp3) is 0.571. The van der Waals surface area contributed by atoms with Crippen LogP contribution in [-0.4, -0.2) is 24.0 Å². The molecule has 2 aliphatic rings. The van der Waals surface area contributed by atoms with Crippen molar-refractivity contribution in [3.8, 4) is 0 Å². The molecule has 1 aromatic carbocycles. The van der Waals surface area contributed by atoms with Crippen LogP contribution < -0.4 is 0 Å². The Bertz CT molecular complexity index is 339. The predicted molar refractivity (Wildman–Crippen MR) is 63.1 cm³/mol. The summed E-state index contributed by atoms with van der Waals surface area (Å²) in [7, 11) is 0. The molecule has 1 heteroatoms. The Morgan fingerprint density at radius 1 is 1.00 bits per heavy atom. The van der Waals surface area contributed by atoms with Crippen LogP contribution in [0.1, 0.15) is 30.4 Å². The summed E-state index contributed by atoms with van der Waals surface area (Å²) in [4.78, 5) is 2.70. The molecule has 15 heavy (non-hydrogen) atoms. The van der Waals surface area contributed by atoms with Crippen LogP contribution in [0.25, 0.3) is 0 Å². The molecule has 1 atom stereocenters. The average molecular weight is 201 g/mol. The lowest BCUT2D eigenvalue weighted by molar-refractivity contribution is 0.222. The topological polar surface area (TPSA) is 3.24 Å². The van der Waals surface area contributed by atoms with E-state index in [0.29, 0.717) is 0 Å². The van der Waals surface area contributed by atoms with E-state index in [4.69, 9.17) is 0 Å². The minimum absolute atomic E-state index is 0.836. The van der Waals surface area contributed by atoms with Crippen molar-refractivity contribution in [2.75, 3.05) is 13.1 Å². The van der Waals surface area contributed by atoms with Gasteiger partial charge in [0.25, 0.3) is 0 Å². The van der Waals surface area contributed by atoms with Crippen LogP contribution in [-0.2, 0) is 12.8 Å². The highest BCUT2D eigenvalue weighted by molar-refractivity contribution is 5.30. The van der Waals surface area contributed by atoms with Crippen LogP contribution in [0.5, 0.6) is 0 Å². The van der Waals surface area contributed by atoms with Gasteiger partial charge in [-0.2, -0.15) is 0 Å². The number of aryl methyl sites for hydroxylation is 1. The molecule has 1 heterocycles. The van der Waals surface area contributed by atoms with Crippen molar-refractivity contribution in [3.05, 3.63) is 35.4 Å². The molecule has 1 saturated heterocycles. The van der Waals surface area contributed by atoms with E-state index in [9.17, 15) is 0 Å². The van der Waals surface area contributed by atoms with Gasteiger partial charge in [-0.05, 0) is 56.3 Å². The van der Waals surface area contributed by atoms with Crippen LogP contribution in [0.2, 0.25) is 0 Å². The number of hydrogen-bond donors (Lipinski definition) is 0. The number of nitrogens with zero attached hydrogens (tertiary/aromatic N) is 1. The lowest BCUT2D eigenvalue weighted by Crippen LogP contribution is -2.37. The maximum Gasteiger partial charge on any atom is 0.0139 e. The molecule has 1 aromatic rings. The third-order valence-electron chi connectivity index (χ3n) is 3.98. The summed E-state index contributed by atoms with van der Waals surface area (Å²) in [5.74, 6) is 0. The first-order valence-electron chi connectivity index (χ1n) is 6.24. The van der Waals surface area contributed by atoms with Gasteiger partial charge >= 0.3 is 0 Å². The minimum atomic E-state index is 0.836. The van der Waals surface area contributed by atoms with E-state index < -0.39 is 0 Å². The molecule has 80 valence electrons. The van der Waals surface area contributed by atoms with Crippen molar-refractivity contribution in [1.29, 1.82) is 0 Å². The van der Waals surface area contributed by atoms with Gasteiger partial charge < -0.3 is 4.90 Å². The van der Waals surface area contributed by atoms with Crippen LogP contribution in [0.4, 0.5) is 0 Å². The molecule has 0 N–H and O–H groups in total. The van der Waals surface area contributed by atoms with Crippen molar-refractivity contribution in [3.63, 3.8) is 0 Å². The predicted octanol–water partition coefficient (Wildman–Crippen LogP) is 2.64. The maximum absolute atomic E-state index is 2.70. The maximum atomic E-state index is 2.70. The monoisotopic (exact) mass is 201 g/mol. The van der Waals surface area contributed by atoms with E-state index in [1.807, 2.05) is 0 Å². The molecule has 0 unspecified atom stereocenters. The zero-order valence-corrected chi connectivity index (χ0v) is 9.28. The van der Waals surface area contributed by atoms with Crippen molar-refractivity contribution >= 4 is 0 Å². The second-order valence-corrected chi connectivity index (χ2v) is 4.91. The number of benzene rings is 1. The molecular weight excluding hydrogens is 182 g/mol. The quantitative estimate of drug-likeness (QED) is 0.675. The van der Waals surface area contributed by atoms with Gasteiger partial charge in [-0.3, -0.25) is 0 Å². The van der Waals surface area contributed by atoms with Crippen molar-refractivity contribution < 1.29 is 0 Å². The van der Waals surface area contributed by atoms with Gasteiger partial charge in [0.2, 0.25) is 0 Å². The van der Waals surface area contributed by atoms with Gasteiger partial charge in [-0.1, -0.05) is 24.3 Å². The first-order valence-corrected chi connectivity index (χ1v) is 6.24. The summed E-state index contributed by atoms with van der Waals surface area (Å²) in [5.41, 5.74) is 3.19. The lowest BCUT2D eigenvalue weighted by Gasteiger charge is -2.32. The summed E-state index contributed by atoms with van der Waals surface area (Å²) < 4.78 is 0. The molecule has 0 amide bonds. The van der Waals surface area contributed by atoms with Gasteiger partial charge in [0.15, 0.2) is 0 Å². The molecule has 0 aromatic heterocycles. The second kappa shape index (κ2) is 3.97. The zero-order valence-electron chi connectivity index (χ0n) is 9.28. The Morgan fingerprint density at radius 3 is 2.53 bits per heavy atom. The molecule has 1 nitrogen and oxygen atoms in total. The second-order valence-electron chi connectivity index (χ2n) is 4.91. The number of likely N-dealkylation sites (tertiary alicyclic amines) is 1. The molecular formula is C14H19N. The molecule has 0 spiro atoms. The third-order valence-corrected chi connectivity index (χ3v) is 3.98. The van der Waals surface area contributed by atoms with Gasteiger partial charge in [0, 0.05) is 6.04 Å². The highest BCUT2D eigenvalue weighted by Crippen LogP contribution is 2.26. The average Bonchev–Trinajstić information content (AvgIpc) is 2.82. The summed E-state index contributed by atoms with van der Waals surface area (Å²) in [6.45, 7) is 2.68.